The Kier molecular flexibility index (Phi) is 6.39. The van der Waals surface area contributed by atoms with E-state index in [4.69, 9.17) is 4.74 Å². The van der Waals surface area contributed by atoms with Crippen LogP contribution in [0.4, 0.5) is 4.79 Å². The van der Waals surface area contributed by atoms with Crippen LogP contribution in [0.15, 0.2) is 0 Å². The Morgan fingerprint density at radius 1 is 1.21 bits per heavy atom. The van der Waals surface area contributed by atoms with E-state index in [-0.39, 0.29) is 6.03 Å². The monoisotopic (exact) mass is 270 g/mol. The zero-order chi connectivity index (χ0) is 13.3. The third kappa shape index (κ3) is 5.76. The molecular weight excluding hydrogens is 244 g/mol. The number of urea groups is 1. The Morgan fingerprint density at radius 3 is 2.68 bits per heavy atom. The quantitative estimate of drug-likeness (QED) is 0.637. The van der Waals surface area contributed by atoms with E-state index in [1.165, 1.54) is 0 Å². The Morgan fingerprint density at radius 2 is 1.95 bits per heavy atom. The lowest BCUT2D eigenvalue weighted by Gasteiger charge is -2.27. The summed E-state index contributed by atoms with van der Waals surface area (Å²) in [5.41, 5.74) is 0. The van der Waals surface area contributed by atoms with Crippen molar-refractivity contribution >= 4 is 6.03 Å². The molecule has 2 heterocycles. The molecule has 6 heteroatoms. The number of piperazine rings is 1. The van der Waals surface area contributed by atoms with E-state index in [1.54, 1.807) is 0 Å². The van der Waals surface area contributed by atoms with Crippen LogP contribution >= 0.6 is 0 Å². The minimum Gasteiger partial charge on any atom is -0.381 e. The first kappa shape index (κ1) is 14.6. The number of carbonyl (C=O) groups excluding carboxylic acids is 1. The molecule has 0 atom stereocenters. The molecule has 0 spiro atoms. The van der Waals surface area contributed by atoms with E-state index < -0.39 is 0 Å². The van der Waals surface area contributed by atoms with E-state index in [9.17, 15) is 4.79 Å². The molecule has 2 aliphatic rings. The molecule has 2 rings (SSSR count). The Labute approximate surface area is 115 Å². The smallest absolute Gasteiger partial charge is 0.314 e. The van der Waals surface area contributed by atoms with Gasteiger partial charge in [0.2, 0.25) is 0 Å². The van der Waals surface area contributed by atoms with Gasteiger partial charge in [-0.3, -0.25) is 4.90 Å². The maximum atomic E-state index is 11.6. The molecule has 19 heavy (non-hydrogen) atoms. The van der Waals surface area contributed by atoms with Crippen LogP contribution in [0.2, 0.25) is 0 Å². The van der Waals surface area contributed by atoms with Gasteiger partial charge in [-0.15, -0.1) is 0 Å². The van der Waals surface area contributed by atoms with Crippen molar-refractivity contribution in [1.82, 2.24) is 20.9 Å². The fourth-order valence-corrected chi connectivity index (χ4v) is 2.51. The van der Waals surface area contributed by atoms with Crippen molar-refractivity contribution in [2.75, 3.05) is 59.0 Å². The number of nitrogens with zero attached hydrogens (tertiary/aromatic N) is 1. The Bertz CT molecular complexity index is 263. The summed E-state index contributed by atoms with van der Waals surface area (Å²) in [5.74, 6) is 0.577. The molecule has 0 saturated carbocycles. The Hall–Kier alpha value is -0.850. The van der Waals surface area contributed by atoms with Crippen molar-refractivity contribution in [3.05, 3.63) is 0 Å². The lowest BCUT2D eigenvalue weighted by molar-refractivity contribution is 0.0669. The molecule has 2 aliphatic heterocycles. The fraction of sp³-hybridized carbons (Fsp3) is 0.923. The average molecular weight is 270 g/mol. The predicted octanol–water partition coefficient (Wildman–Crippen LogP) is -0.383. The minimum absolute atomic E-state index is 0.0402. The van der Waals surface area contributed by atoms with Gasteiger partial charge in [-0.25, -0.2) is 4.79 Å². The molecule has 6 nitrogen and oxygen atoms in total. The van der Waals surface area contributed by atoms with E-state index in [0.717, 1.165) is 71.9 Å². The lowest BCUT2D eigenvalue weighted by atomic mass is 10.0. The first-order valence-electron chi connectivity index (χ1n) is 7.37. The average Bonchev–Trinajstić information content (AvgIpc) is 2.47. The number of amides is 2. The summed E-state index contributed by atoms with van der Waals surface area (Å²) >= 11 is 0. The van der Waals surface area contributed by atoms with Crippen LogP contribution in [0.3, 0.4) is 0 Å². The number of ether oxygens (including phenoxy) is 1. The minimum atomic E-state index is -0.0402. The number of hydrogen-bond acceptors (Lipinski definition) is 4. The van der Waals surface area contributed by atoms with Gasteiger partial charge in [0, 0.05) is 59.0 Å². The second-order valence-corrected chi connectivity index (χ2v) is 5.28. The lowest BCUT2D eigenvalue weighted by Crippen LogP contribution is -2.47. The summed E-state index contributed by atoms with van der Waals surface area (Å²) < 4.78 is 5.30. The molecule has 3 N–H and O–H groups in total. The summed E-state index contributed by atoms with van der Waals surface area (Å²) in [6.45, 7) is 8.34. The SMILES string of the molecule is O=C(NCCN1CCNCC1)NCC1CCOCC1. The Balaban J connectivity index is 1.49. The molecule has 110 valence electrons. The molecular formula is C13H26N4O2. The third-order valence-corrected chi connectivity index (χ3v) is 3.82. The second kappa shape index (κ2) is 8.35. The molecule has 2 saturated heterocycles. The highest BCUT2D eigenvalue weighted by molar-refractivity contribution is 5.73. The van der Waals surface area contributed by atoms with E-state index >= 15 is 0 Å². The maximum Gasteiger partial charge on any atom is 0.314 e. The van der Waals surface area contributed by atoms with Crippen LogP contribution in [-0.2, 0) is 4.74 Å². The molecule has 2 amide bonds. The molecule has 0 aromatic rings. The zero-order valence-electron chi connectivity index (χ0n) is 11.6. The highest BCUT2D eigenvalue weighted by atomic mass is 16.5. The molecule has 0 aromatic heterocycles. The highest BCUT2D eigenvalue weighted by Gasteiger charge is 2.14. The van der Waals surface area contributed by atoms with Crippen LogP contribution < -0.4 is 16.0 Å². The highest BCUT2D eigenvalue weighted by Crippen LogP contribution is 2.12. The van der Waals surface area contributed by atoms with Crippen molar-refractivity contribution in [1.29, 1.82) is 0 Å². The van der Waals surface area contributed by atoms with Gasteiger partial charge in [-0.05, 0) is 18.8 Å². The van der Waals surface area contributed by atoms with Gasteiger partial charge in [0.15, 0.2) is 0 Å². The van der Waals surface area contributed by atoms with Gasteiger partial charge in [-0.1, -0.05) is 0 Å². The summed E-state index contributed by atoms with van der Waals surface area (Å²) in [7, 11) is 0. The van der Waals surface area contributed by atoms with E-state index in [2.05, 4.69) is 20.9 Å². The molecule has 0 aliphatic carbocycles. The first-order chi connectivity index (χ1) is 9.34. The summed E-state index contributed by atoms with van der Waals surface area (Å²) in [6, 6.07) is -0.0402. The fourth-order valence-electron chi connectivity index (χ4n) is 2.51. The zero-order valence-corrected chi connectivity index (χ0v) is 11.6. The number of rotatable bonds is 5. The third-order valence-electron chi connectivity index (χ3n) is 3.82. The van der Waals surface area contributed by atoms with Crippen LogP contribution in [0.5, 0.6) is 0 Å². The van der Waals surface area contributed by atoms with Gasteiger partial charge in [0.1, 0.15) is 0 Å². The number of carbonyl (C=O) groups is 1. The van der Waals surface area contributed by atoms with Crippen LogP contribution in [0, 0.1) is 5.92 Å². The first-order valence-corrected chi connectivity index (χ1v) is 7.37. The van der Waals surface area contributed by atoms with Crippen molar-refractivity contribution in [2.45, 2.75) is 12.8 Å². The van der Waals surface area contributed by atoms with Gasteiger partial charge < -0.3 is 20.7 Å². The standard InChI is InChI=1S/C13H26N4O2/c18-13(16-11-12-1-9-19-10-2-12)15-5-8-17-6-3-14-4-7-17/h12,14H,1-11H2,(H2,15,16,18). The summed E-state index contributed by atoms with van der Waals surface area (Å²) in [4.78, 5) is 14.0. The van der Waals surface area contributed by atoms with Crippen LogP contribution in [-0.4, -0.2) is 70.0 Å². The molecule has 2 fully saturated rings. The topological polar surface area (TPSA) is 65.6 Å². The number of hydrogen-bond donors (Lipinski definition) is 3. The molecule has 0 unspecified atom stereocenters. The van der Waals surface area contributed by atoms with Crippen molar-refractivity contribution in [3.63, 3.8) is 0 Å². The van der Waals surface area contributed by atoms with Gasteiger partial charge in [0.25, 0.3) is 0 Å². The largest absolute Gasteiger partial charge is 0.381 e. The summed E-state index contributed by atoms with van der Waals surface area (Å²) in [5, 5.41) is 9.20. The van der Waals surface area contributed by atoms with Gasteiger partial charge >= 0.3 is 6.03 Å². The van der Waals surface area contributed by atoms with Crippen molar-refractivity contribution < 1.29 is 9.53 Å². The van der Waals surface area contributed by atoms with Gasteiger partial charge in [-0.2, -0.15) is 0 Å². The predicted molar refractivity (Wildman–Crippen MR) is 74.3 cm³/mol. The van der Waals surface area contributed by atoms with Crippen molar-refractivity contribution in [2.24, 2.45) is 5.92 Å². The van der Waals surface area contributed by atoms with Gasteiger partial charge in [0.05, 0.1) is 0 Å². The summed E-state index contributed by atoms with van der Waals surface area (Å²) in [6.07, 6.45) is 2.11. The van der Waals surface area contributed by atoms with Crippen LogP contribution in [0.25, 0.3) is 0 Å². The molecule has 0 bridgehead atoms. The second-order valence-electron chi connectivity index (χ2n) is 5.28. The molecule has 0 aromatic carbocycles. The maximum absolute atomic E-state index is 11.6. The van der Waals surface area contributed by atoms with E-state index in [1.807, 2.05) is 0 Å². The van der Waals surface area contributed by atoms with E-state index in [0.29, 0.717) is 5.92 Å². The molecule has 0 radical (unpaired) electrons. The van der Waals surface area contributed by atoms with Crippen LogP contribution in [0.1, 0.15) is 12.8 Å². The van der Waals surface area contributed by atoms with Crippen molar-refractivity contribution in [3.8, 4) is 0 Å². The number of nitrogens with one attached hydrogen (secondary N) is 3. The normalized spacial score (nSPS) is 22.1.